The summed E-state index contributed by atoms with van der Waals surface area (Å²) < 4.78 is 29.5. The molecule has 0 spiro atoms. The molecule has 4 aliphatic heterocycles. The average Bonchev–Trinajstić information content (AvgIpc) is 1.94. The van der Waals surface area contributed by atoms with E-state index in [2.05, 4.69) is 23.8 Å². The molecule has 4 heterocycles. The fraction of sp³-hybridized carbons (Fsp3) is 0.639. The first-order chi connectivity index (χ1) is 39.3. The van der Waals surface area contributed by atoms with E-state index in [1.165, 1.54) is 54.7 Å². The number of likely N-dealkylation sites (tertiary alicyclic amines) is 1. The highest BCUT2D eigenvalue weighted by molar-refractivity contribution is 8.00. The number of nitrogens with zero attached hydrogens (tertiary/aromatic N) is 3. The molecule has 20 nitrogen and oxygen atoms in total. The number of alkyl carbamates (subject to hydrolysis) is 1. The van der Waals surface area contributed by atoms with Gasteiger partial charge in [-0.2, -0.15) is 0 Å². The highest BCUT2D eigenvalue weighted by Crippen LogP contribution is 2.49. The lowest BCUT2D eigenvalue weighted by atomic mass is 9.79. The van der Waals surface area contributed by atoms with E-state index in [1.807, 2.05) is 19.9 Å². The molecule has 83 heavy (non-hydrogen) atoms. The Morgan fingerprint density at radius 1 is 1.07 bits per heavy atom. The number of nitrogens with one attached hydrogen (secondary N) is 2. The fourth-order valence-corrected chi connectivity index (χ4v) is 12.6. The lowest BCUT2D eigenvalue weighted by Crippen LogP contribution is -2.63. The van der Waals surface area contributed by atoms with Crippen LogP contribution >= 0.6 is 23.4 Å². The first-order valence-corrected chi connectivity index (χ1v) is 30.2. The molecule has 5 N–H and O–H groups in total. The summed E-state index contributed by atoms with van der Waals surface area (Å²) in [6, 6.07) is 1.94. The zero-order valence-corrected chi connectivity index (χ0v) is 51.7. The van der Waals surface area contributed by atoms with Gasteiger partial charge in [-0.05, 0) is 103 Å². The molecule has 0 aromatic heterocycles. The number of epoxide rings is 1. The Bertz CT molecular complexity index is 2590. The van der Waals surface area contributed by atoms with Crippen molar-refractivity contribution in [2.45, 2.75) is 172 Å². The summed E-state index contributed by atoms with van der Waals surface area (Å²) in [6.45, 7) is 18.5. The zero-order chi connectivity index (χ0) is 61.5. The standard InChI is InChI=1S/C58H83ClN6O14S.C3H6/c1-11-34(3)52(70)40(16-12-13-23-60)61-31-42(66)39-20-18-37(19-21-39)32-65-50(69)28-45(54(65)71)80-24-22-48(67)63(7)36(5)55(72)78-47-29-49(68)64(8)41-26-38(27-43(75-9)51(41)59)25-33(2)15-14-17-46(76-10)58(74)30-44(77-56(73)62-58)35(4)53-57(47,6)79-53;1-3-2/h11,14-15,17,26-27,34-37,39-40,44-47,53,61,74H,1,12-13,16,18-25,28-32,60H2,2-10H3,(H,62,73);3H,1H2,2H3/b17-14+,33-15+;/t34?,35-,36+,37?,39?,40+,44+,45?,46-,47+,53+,57+,58+;/m1./s1. The number of fused-ring (bicyclic) bond motifs is 5. The van der Waals surface area contributed by atoms with Gasteiger partial charge in [-0.3, -0.25) is 39.0 Å². The number of halogens is 1. The molecule has 3 saturated heterocycles. The lowest BCUT2D eigenvalue weighted by Gasteiger charge is -2.42. The number of ether oxygens (including phenoxy) is 5. The molecule has 1 saturated carbocycles. The molecule has 2 unspecified atom stereocenters. The average molecular weight is 1200 g/mol. The van der Waals surface area contributed by atoms with Gasteiger partial charge in [0, 0.05) is 70.5 Å². The normalized spacial score (nSPS) is 29.4. The second kappa shape index (κ2) is 31.1. The number of thioether (sulfide) groups is 1. The van der Waals surface area contributed by atoms with Crippen LogP contribution in [0.2, 0.25) is 5.02 Å². The van der Waals surface area contributed by atoms with Crippen molar-refractivity contribution in [3.05, 3.63) is 71.8 Å². The van der Waals surface area contributed by atoms with Gasteiger partial charge >= 0.3 is 12.1 Å². The predicted molar refractivity (Wildman–Crippen MR) is 319 cm³/mol. The van der Waals surface area contributed by atoms with Crippen molar-refractivity contribution in [3.63, 3.8) is 0 Å². The number of ketones is 2. The van der Waals surface area contributed by atoms with Crippen LogP contribution in [-0.4, -0.2) is 169 Å². The minimum absolute atomic E-state index is 0.000608. The molecule has 0 radical (unpaired) electrons. The summed E-state index contributed by atoms with van der Waals surface area (Å²) in [5, 5.41) is 17.1. The highest BCUT2D eigenvalue weighted by atomic mass is 35.5. The molecular weight excluding hydrogens is 1110 g/mol. The highest BCUT2D eigenvalue weighted by Gasteiger charge is 2.64. The number of imide groups is 1. The maximum atomic E-state index is 14.4. The van der Waals surface area contributed by atoms with Gasteiger partial charge < -0.3 is 49.6 Å². The number of aliphatic hydroxyl groups is 1. The van der Waals surface area contributed by atoms with Crippen molar-refractivity contribution in [1.82, 2.24) is 20.4 Å². The second-order valence-electron chi connectivity index (χ2n) is 22.8. The van der Waals surface area contributed by atoms with Crippen LogP contribution < -0.4 is 26.0 Å². The molecule has 4 bridgehead atoms. The Hall–Kier alpha value is -5.42. The summed E-state index contributed by atoms with van der Waals surface area (Å²) in [5.41, 5.74) is 4.47. The number of allylic oxidation sites excluding steroid dienone is 5. The Labute approximate surface area is 499 Å². The smallest absolute Gasteiger partial charge is 0.409 e. The molecule has 5 amide bonds. The number of rotatable bonds is 22. The van der Waals surface area contributed by atoms with Crippen molar-refractivity contribution in [2.24, 2.45) is 29.4 Å². The van der Waals surface area contributed by atoms with Crippen molar-refractivity contribution in [2.75, 3.05) is 58.6 Å². The van der Waals surface area contributed by atoms with Gasteiger partial charge in [0.05, 0.1) is 43.2 Å². The van der Waals surface area contributed by atoms with Crippen molar-refractivity contribution in [1.29, 1.82) is 0 Å². The molecular formula is C61H89ClN6O14S. The summed E-state index contributed by atoms with van der Waals surface area (Å²) in [5.74, 6) is -2.86. The number of unbranched alkanes of at least 4 members (excludes halogenated alkanes) is 1. The Balaban J connectivity index is 0.00000411. The molecule has 460 valence electrons. The van der Waals surface area contributed by atoms with E-state index < -0.39 is 89.3 Å². The van der Waals surface area contributed by atoms with E-state index >= 15 is 0 Å². The van der Waals surface area contributed by atoms with Gasteiger partial charge in [0.25, 0.3) is 0 Å². The van der Waals surface area contributed by atoms with Crippen LogP contribution in [0.25, 0.3) is 0 Å². The number of nitrogens with two attached hydrogens (primary N) is 1. The summed E-state index contributed by atoms with van der Waals surface area (Å²) >= 11 is 8.04. The van der Waals surface area contributed by atoms with Crippen molar-refractivity contribution >= 4 is 76.3 Å². The van der Waals surface area contributed by atoms with Crippen molar-refractivity contribution in [3.8, 4) is 5.75 Å². The second-order valence-corrected chi connectivity index (χ2v) is 24.5. The fourth-order valence-electron chi connectivity index (χ4n) is 11.2. The van der Waals surface area contributed by atoms with E-state index in [0.717, 1.165) is 24.0 Å². The van der Waals surface area contributed by atoms with E-state index in [0.29, 0.717) is 56.5 Å². The Morgan fingerprint density at radius 2 is 1.76 bits per heavy atom. The number of anilines is 1. The molecule has 1 aromatic carbocycles. The molecule has 5 aliphatic rings. The van der Waals surface area contributed by atoms with Crippen LogP contribution in [0.5, 0.6) is 5.75 Å². The molecule has 1 aliphatic carbocycles. The Kier molecular flexibility index (Phi) is 25.6. The van der Waals surface area contributed by atoms with Crippen LogP contribution in [0.15, 0.2) is 61.2 Å². The van der Waals surface area contributed by atoms with Crippen LogP contribution in [0.3, 0.4) is 0 Å². The number of carbonyl (C=O) groups is 8. The van der Waals surface area contributed by atoms with Crippen LogP contribution in [0.1, 0.15) is 118 Å². The maximum absolute atomic E-state index is 14.4. The summed E-state index contributed by atoms with van der Waals surface area (Å²) in [4.78, 5) is 112. The summed E-state index contributed by atoms with van der Waals surface area (Å²) in [7, 11) is 5.89. The number of Topliss-reactive ketones (excluding diaryl/α,β-unsaturated/α-hetero) is 2. The molecule has 11 atom stereocenters. The number of esters is 1. The predicted octanol–water partition coefficient (Wildman–Crippen LogP) is 6.81. The topological polar surface area (TPSA) is 266 Å². The number of methoxy groups -OCH3 is 2. The number of likely N-dealkylation sites (N-methyl/N-ethyl adjacent to an activating group) is 1. The lowest BCUT2D eigenvalue weighted by molar-refractivity contribution is -0.162. The number of hydrogen-bond acceptors (Lipinski definition) is 17. The van der Waals surface area contributed by atoms with Crippen LogP contribution in [0, 0.1) is 23.7 Å². The van der Waals surface area contributed by atoms with E-state index in [-0.39, 0.29) is 84.3 Å². The van der Waals surface area contributed by atoms with E-state index in [9.17, 15) is 43.5 Å². The zero-order valence-electron chi connectivity index (χ0n) is 50.1. The Morgan fingerprint density at radius 3 is 2.40 bits per heavy atom. The first-order valence-electron chi connectivity index (χ1n) is 28.8. The molecule has 22 heteroatoms. The molecule has 6 rings (SSSR count). The largest absolute Gasteiger partial charge is 0.495 e. The minimum atomic E-state index is -1.89. The van der Waals surface area contributed by atoms with E-state index in [1.54, 1.807) is 64.3 Å². The third kappa shape index (κ3) is 17.6. The monoisotopic (exact) mass is 1200 g/mol. The van der Waals surface area contributed by atoms with Gasteiger partial charge in [0.15, 0.2) is 11.5 Å². The number of hydrogen-bond donors (Lipinski definition) is 4. The quantitative estimate of drug-likeness (QED) is 0.0305. The van der Waals surface area contributed by atoms with Crippen LogP contribution in [0.4, 0.5) is 10.5 Å². The van der Waals surface area contributed by atoms with Gasteiger partial charge in [-0.15, -0.1) is 24.9 Å². The third-order valence-electron chi connectivity index (χ3n) is 16.7. The minimum Gasteiger partial charge on any atom is -0.495 e. The van der Waals surface area contributed by atoms with Crippen molar-refractivity contribution < 1.29 is 67.1 Å². The number of carbonyl (C=O) groups excluding carboxylic acids is 8. The van der Waals surface area contributed by atoms with Gasteiger partial charge in [0.2, 0.25) is 23.6 Å². The third-order valence-corrected chi connectivity index (χ3v) is 18.3. The number of amides is 5. The SMILES string of the molecule is C=CC.C=CC(C)C(=O)[C@H](CCCCN)NCC(=O)C1CCC(CN2C(=O)CC(SCCC(=O)N(C)[C@@H](C)C(=O)O[C@H]3CC(=O)N(C)c4cc(cc(OC)c4Cl)C/C(C)=C/C=C/[C@@H](OC)[C@@]4(O)C[C@H](OC(=O)N4)[C@@H](C)[C@@H]4O[C@@]34C)C2=O)CC1. The van der Waals surface area contributed by atoms with Gasteiger partial charge in [-0.1, -0.05) is 67.8 Å². The van der Waals surface area contributed by atoms with E-state index in [4.69, 9.17) is 41.0 Å². The van der Waals surface area contributed by atoms with Crippen LogP contribution in [-0.2, 0) is 58.9 Å². The molecule has 4 fully saturated rings. The summed E-state index contributed by atoms with van der Waals surface area (Å²) in [6.07, 6.45) is 8.37. The maximum Gasteiger partial charge on any atom is 0.409 e. The molecule has 1 aromatic rings. The van der Waals surface area contributed by atoms with Gasteiger partial charge in [-0.25, -0.2) is 9.59 Å². The number of benzene rings is 1. The van der Waals surface area contributed by atoms with Gasteiger partial charge in [0.1, 0.15) is 46.5 Å². The first kappa shape index (κ1) is 68.4.